The lowest BCUT2D eigenvalue weighted by Gasteiger charge is -2.25. The zero-order valence-corrected chi connectivity index (χ0v) is 16.1. The molecule has 8 heteroatoms. The average Bonchev–Trinajstić information content (AvgIpc) is 2.72. The minimum absolute atomic E-state index is 0.0374. The Morgan fingerprint density at radius 2 is 1.89 bits per heavy atom. The monoisotopic (exact) mass is 386 g/mol. The fourth-order valence-electron chi connectivity index (χ4n) is 3.47. The molecule has 3 rings (SSSR count). The lowest BCUT2D eigenvalue weighted by atomic mass is 9.90. The highest BCUT2D eigenvalue weighted by Gasteiger charge is 2.23. The van der Waals surface area contributed by atoms with Crippen molar-refractivity contribution >= 4 is 29.1 Å². The minimum Gasteiger partial charge on any atom is -0.378 e. The summed E-state index contributed by atoms with van der Waals surface area (Å²) in [4.78, 5) is 37.7. The molecule has 1 aromatic rings. The van der Waals surface area contributed by atoms with E-state index in [1.54, 1.807) is 6.92 Å². The number of benzene rings is 1. The number of rotatable bonds is 4. The summed E-state index contributed by atoms with van der Waals surface area (Å²) < 4.78 is 5.16. The van der Waals surface area contributed by atoms with Gasteiger partial charge in [0.25, 0.3) is 0 Å². The number of hydrazone groups is 1. The third-order valence-electron chi connectivity index (χ3n) is 4.93. The van der Waals surface area contributed by atoms with Crippen molar-refractivity contribution in [1.29, 1.82) is 0 Å². The van der Waals surface area contributed by atoms with Crippen LogP contribution in [0.1, 0.15) is 37.3 Å². The standard InChI is InChI=1S/C20H26N4O4/c1-14(22-23-19(26)20(27)24-9-11-28-12-10-24)13-18(25)21-17-8-4-6-15-5-2-3-7-16(15)17/h4,6,8H,2-3,5,7,9-13H2,1H3,(H,21,25)(H,23,26). The number of amides is 3. The van der Waals surface area contributed by atoms with Crippen molar-refractivity contribution in [2.75, 3.05) is 31.6 Å². The van der Waals surface area contributed by atoms with Gasteiger partial charge in [-0.1, -0.05) is 12.1 Å². The van der Waals surface area contributed by atoms with Crippen molar-refractivity contribution in [3.05, 3.63) is 29.3 Å². The van der Waals surface area contributed by atoms with Crippen LogP contribution in [0.15, 0.2) is 23.3 Å². The maximum Gasteiger partial charge on any atom is 0.329 e. The van der Waals surface area contributed by atoms with E-state index in [2.05, 4.69) is 21.9 Å². The molecule has 0 saturated carbocycles. The number of hydrogen-bond acceptors (Lipinski definition) is 5. The van der Waals surface area contributed by atoms with E-state index < -0.39 is 11.8 Å². The highest BCUT2D eigenvalue weighted by Crippen LogP contribution is 2.27. The fraction of sp³-hybridized carbons (Fsp3) is 0.500. The van der Waals surface area contributed by atoms with Crippen molar-refractivity contribution in [3.63, 3.8) is 0 Å². The van der Waals surface area contributed by atoms with E-state index in [4.69, 9.17) is 4.74 Å². The molecule has 1 fully saturated rings. The molecule has 0 radical (unpaired) electrons. The van der Waals surface area contributed by atoms with Crippen molar-refractivity contribution in [1.82, 2.24) is 10.3 Å². The number of anilines is 1. The Morgan fingerprint density at radius 1 is 1.14 bits per heavy atom. The van der Waals surface area contributed by atoms with Gasteiger partial charge in [0.05, 0.1) is 19.6 Å². The van der Waals surface area contributed by atoms with Crippen LogP contribution in [0.4, 0.5) is 5.69 Å². The van der Waals surface area contributed by atoms with Crippen LogP contribution in [0.3, 0.4) is 0 Å². The summed E-state index contributed by atoms with van der Waals surface area (Å²) in [6.07, 6.45) is 4.36. The van der Waals surface area contributed by atoms with Gasteiger partial charge in [0.1, 0.15) is 0 Å². The van der Waals surface area contributed by atoms with Crippen LogP contribution >= 0.6 is 0 Å². The zero-order chi connectivity index (χ0) is 19.9. The number of hydrogen-bond donors (Lipinski definition) is 2. The van der Waals surface area contributed by atoms with Crippen molar-refractivity contribution in [2.45, 2.75) is 39.0 Å². The Kier molecular flexibility index (Phi) is 6.76. The molecule has 1 saturated heterocycles. The van der Waals surface area contributed by atoms with Gasteiger partial charge >= 0.3 is 11.8 Å². The molecule has 0 atom stereocenters. The Labute approximate surface area is 164 Å². The predicted octanol–water partition coefficient (Wildman–Crippen LogP) is 1.24. The van der Waals surface area contributed by atoms with Crippen LogP contribution in [-0.2, 0) is 32.0 Å². The molecular formula is C20H26N4O4. The maximum atomic E-state index is 12.3. The summed E-state index contributed by atoms with van der Waals surface area (Å²) in [6.45, 7) is 3.26. The molecular weight excluding hydrogens is 360 g/mol. The smallest absolute Gasteiger partial charge is 0.329 e. The Morgan fingerprint density at radius 3 is 2.68 bits per heavy atom. The molecule has 2 aliphatic rings. The molecule has 1 aliphatic heterocycles. The Balaban J connectivity index is 1.51. The van der Waals surface area contributed by atoms with E-state index in [0.717, 1.165) is 24.9 Å². The van der Waals surface area contributed by atoms with Crippen LogP contribution in [0.25, 0.3) is 0 Å². The molecule has 3 amide bonds. The second-order valence-electron chi connectivity index (χ2n) is 7.07. The second kappa shape index (κ2) is 9.45. The first-order chi connectivity index (χ1) is 13.5. The van der Waals surface area contributed by atoms with Crippen molar-refractivity contribution in [3.8, 4) is 0 Å². The zero-order valence-electron chi connectivity index (χ0n) is 16.1. The number of fused-ring (bicyclic) bond motifs is 1. The van der Waals surface area contributed by atoms with Crippen LogP contribution in [0, 0.1) is 0 Å². The van der Waals surface area contributed by atoms with Gasteiger partial charge in [0, 0.05) is 24.5 Å². The lowest BCUT2D eigenvalue weighted by molar-refractivity contribution is -0.148. The van der Waals surface area contributed by atoms with Crippen LogP contribution < -0.4 is 10.7 Å². The molecule has 150 valence electrons. The van der Waals surface area contributed by atoms with Gasteiger partial charge in [0.15, 0.2) is 0 Å². The predicted molar refractivity (Wildman–Crippen MR) is 105 cm³/mol. The number of nitrogens with zero attached hydrogens (tertiary/aromatic N) is 2. The number of carbonyl (C=O) groups excluding carboxylic acids is 3. The number of nitrogens with one attached hydrogen (secondary N) is 2. The maximum absolute atomic E-state index is 12.3. The summed E-state index contributed by atoms with van der Waals surface area (Å²) in [5.74, 6) is -1.65. The SMILES string of the molecule is CC(CC(=O)Nc1cccc2c1CCCC2)=NNC(=O)C(=O)N1CCOCC1. The number of carbonyl (C=O) groups is 3. The van der Waals surface area contributed by atoms with Crippen LogP contribution in [0.2, 0.25) is 0 Å². The molecule has 1 aliphatic carbocycles. The highest BCUT2D eigenvalue weighted by atomic mass is 16.5. The molecule has 8 nitrogen and oxygen atoms in total. The van der Waals surface area contributed by atoms with Crippen LogP contribution in [0.5, 0.6) is 0 Å². The van der Waals surface area contributed by atoms with Gasteiger partial charge in [-0.05, 0) is 49.8 Å². The first-order valence-corrected chi connectivity index (χ1v) is 9.65. The van der Waals surface area contributed by atoms with Crippen molar-refractivity contribution < 1.29 is 19.1 Å². The van der Waals surface area contributed by atoms with Gasteiger partial charge in [-0.3, -0.25) is 14.4 Å². The summed E-state index contributed by atoms with van der Waals surface area (Å²) in [5, 5.41) is 6.83. The van der Waals surface area contributed by atoms with Crippen molar-refractivity contribution in [2.24, 2.45) is 5.10 Å². The number of morpholine rings is 1. The summed E-state index contributed by atoms with van der Waals surface area (Å²) in [7, 11) is 0. The molecule has 0 aromatic heterocycles. The molecule has 1 aromatic carbocycles. The first-order valence-electron chi connectivity index (χ1n) is 9.65. The first kappa shape index (κ1) is 20.0. The largest absolute Gasteiger partial charge is 0.378 e. The molecule has 0 spiro atoms. The van der Waals surface area contributed by atoms with Gasteiger partial charge in [-0.15, -0.1) is 0 Å². The molecule has 28 heavy (non-hydrogen) atoms. The third-order valence-corrected chi connectivity index (χ3v) is 4.93. The summed E-state index contributed by atoms with van der Waals surface area (Å²) >= 11 is 0. The molecule has 1 heterocycles. The van der Waals surface area contributed by atoms with Gasteiger partial charge in [-0.25, -0.2) is 5.43 Å². The van der Waals surface area contributed by atoms with E-state index in [9.17, 15) is 14.4 Å². The lowest BCUT2D eigenvalue weighted by Crippen LogP contribution is -2.47. The number of aryl methyl sites for hydroxylation is 1. The number of ether oxygens (including phenoxy) is 1. The average molecular weight is 386 g/mol. The van der Waals surface area contributed by atoms with Crippen LogP contribution in [-0.4, -0.2) is 54.6 Å². The van der Waals surface area contributed by atoms with E-state index in [1.807, 2.05) is 12.1 Å². The minimum atomic E-state index is -0.807. The van der Waals surface area contributed by atoms with Gasteiger partial charge in [-0.2, -0.15) is 5.10 Å². The van der Waals surface area contributed by atoms with E-state index in [1.165, 1.54) is 22.4 Å². The Bertz CT molecular complexity index is 784. The quantitative estimate of drug-likeness (QED) is 0.462. The van der Waals surface area contributed by atoms with Gasteiger partial charge < -0.3 is 15.0 Å². The third kappa shape index (κ3) is 5.16. The normalized spacial score (nSPS) is 16.9. The second-order valence-corrected chi connectivity index (χ2v) is 7.07. The van der Waals surface area contributed by atoms with E-state index in [-0.39, 0.29) is 12.3 Å². The summed E-state index contributed by atoms with van der Waals surface area (Å²) in [5.41, 5.74) is 6.01. The van der Waals surface area contributed by atoms with E-state index in [0.29, 0.717) is 32.0 Å². The molecule has 0 unspecified atom stereocenters. The van der Waals surface area contributed by atoms with Gasteiger partial charge in [0.2, 0.25) is 5.91 Å². The Hall–Kier alpha value is -2.74. The topological polar surface area (TPSA) is 100 Å². The fourth-order valence-corrected chi connectivity index (χ4v) is 3.47. The molecule has 0 bridgehead atoms. The summed E-state index contributed by atoms with van der Waals surface area (Å²) in [6, 6.07) is 5.98. The van der Waals surface area contributed by atoms with E-state index >= 15 is 0 Å². The highest BCUT2D eigenvalue weighted by molar-refractivity contribution is 6.35. The molecule has 2 N–H and O–H groups in total.